The first-order valence-corrected chi connectivity index (χ1v) is 9.42. The summed E-state index contributed by atoms with van der Waals surface area (Å²) in [7, 11) is 1.68. The second kappa shape index (κ2) is 8.19. The van der Waals surface area contributed by atoms with Crippen molar-refractivity contribution >= 4 is 11.6 Å². The van der Waals surface area contributed by atoms with Crippen LogP contribution >= 0.6 is 0 Å². The highest BCUT2D eigenvalue weighted by Crippen LogP contribution is 2.35. The molecule has 2 heterocycles. The minimum absolute atomic E-state index is 0.0949. The lowest BCUT2D eigenvalue weighted by atomic mass is 9.78. The Balaban J connectivity index is 1.78. The molecule has 1 N–H and O–H groups in total. The summed E-state index contributed by atoms with van der Waals surface area (Å²) in [5.41, 5.74) is 1.62. The summed E-state index contributed by atoms with van der Waals surface area (Å²) in [5.74, 6) is 0.0949. The predicted molar refractivity (Wildman–Crippen MR) is 99.0 cm³/mol. The van der Waals surface area contributed by atoms with Gasteiger partial charge in [0.25, 0.3) is 5.91 Å². The van der Waals surface area contributed by atoms with Crippen LogP contribution in [0.15, 0.2) is 24.3 Å². The number of para-hydroxylation sites is 1. The maximum atomic E-state index is 13.2. The molecule has 3 rings (SSSR count). The van der Waals surface area contributed by atoms with E-state index in [4.69, 9.17) is 4.74 Å². The molecule has 1 atom stereocenters. The Hall–Kier alpha value is -1.59. The molecule has 2 aliphatic rings. The summed E-state index contributed by atoms with van der Waals surface area (Å²) in [4.78, 5) is 17.5. The maximum absolute atomic E-state index is 13.2. The average Bonchev–Trinajstić information content (AvgIpc) is 3.20. The van der Waals surface area contributed by atoms with Gasteiger partial charge in [-0.2, -0.15) is 0 Å². The summed E-state index contributed by atoms with van der Waals surface area (Å²) in [5, 5.41) is 9.96. The van der Waals surface area contributed by atoms with Gasteiger partial charge in [0.2, 0.25) is 0 Å². The summed E-state index contributed by atoms with van der Waals surface area (Å²) in [6.45, 7) is 4.15. The Morgan fingerprint density at radius 1 is 1.20 bits per heavy atom. The number of benzene rings is 1. The summed E-state index contributed by atoms with van der Waals surface area (Å²) < 4.78 is 5.22. The normalized spacial score (nSPS) is 23.9. The van der Waals surface area contributed by atoms with Crippen molar-refractivity contribution in [3.63, 3.8) is 0 Å². The van der Waals surface area contributed by atoms with Crippen LogP contribution in [0.2, 0.25) is 0 Å². The quantitative estimate of drug-likeness (QED) is 0.860. The molecule has 0 saturated carbocycles. The zero-order valence-electron chi connectivity index (χ0n) is 15.2. The minimum Gasteiger partial charge on any atom is -0.396 e. The first-order chi connectivity index (χ1) is 12.2. The van der Waals surface area contributed by atoms with Crippen LogP contribution in [0, 0.1) is 5.41 Å². The fourth-order valence-electron chi connectivity index (χ4n) is 4.17. The topological polar surface area (TPSA) is 53.0 Å². The largest absolute Gasteiger partial charge is 0.396 e. The third-order valence-corrected chi connectivity index (χ3v) is 5.70. The second-order valence-corrected chi connectivity index (χ2v) is 7.44. The Morgan fingerprint density at radius 2 is 1.96 bits per heavy atom. The molecule has 0 aliphatic carbocycles. The second-order valence-electron chi connectivity index (χ2n) is 7.44. The number of anilines is 1. The number of amides is 1. The van der Waals surface area contributed by atoms with Crippen molar-refractivity contribution < 1.29 is 14.6 Å². The Kier molecular flexibility index (Phi) is 5.97. The average molecular weight is 346 g/mol. The standard InChI is InChI=1S/C20H30N2O3/c1-25-14-10-20(16-23)9-6-13-22(15-20)19(24)17-7-2-3-8-18(17)21-11-4-5-12-21/h2-3,7-8,23H,4-6,9-16H2,1H3/t20-/m1/s1. The first-order valence-electron chi connectivity index (χ1n) is 9.42. The number of rotatable bonds is 6. The van der Waals surface area contributed by atoms with Crippen LogP contribution in [-0.4, -0.2) is 62.4 Å². The van der Waals surface area contributed by atoms with Gasteiger partial charge in [0.15, 0.2) is 0 Å². The van der Waals surface area contributed by atoms with Gasteiger partial charge in [-0.25, -0.2) is 0 Å². The molecular weight excluding hydrogens is 316 g/mol. The summed E-state index contributed by atoms with van der Waals surface area (Å²) in [6.07, 6.45) is 5.05. The number of hydrogen-bond acceptors (Lipinski definition) is 4. The zero-order chi connectivity index (χ0) is 17.7. The van der Waals surface area contributed by atoms with E-state index in [2.05, 4.69) is 11.0 Å². The highest BCUT2D eigenvalue weighted by molar-refractivity contribution is 6.00. The van der Waals surface area contributed by atoms with Crippen LogP contribution in [0.1, 0.15) is 42.5 Å². The van der Waals surface area contributed by atoms with Crippen molar-refractivity contribution in [1.29, 1.82) is 0 Å². The molecule has 0 bridgehead atoms. The number of ether oxygens (including phenoxy) is 1. The van der Waals surface area contributed by atoms with Crippen molar-refractivity contribution in [2.45, 2.75) is 32.1 Å². The lowest BCUT2D eigenvalue weighted by Crippen LogP contribution is -2.48. The first kappa shape index (κ1) is 18.2. The minimum atomic E-state index is -0.230. The summed E-state index contributed by atoms with van der Waals surface area (Å²) in [6, 6.07) is 7.96. The Bertz CT molecular complexity index is 586. The van der Waals surface area contributed by atoms with Gasteiger partial charge in [-0.15, -0.1) is 0 Å². The van der Waals surface area contributed by atoms with Crippen LogP contribution in [0.5, 0.6) is 0 Å². The maximum Gasteiger partial charge on any atom is 0.255 e. The molecule has 0 aromatic heterocycles. The summed E-state index contributed by atoms with van der Waals surface area (Å²) >= 11 is 0. The van der Waals surface area contributed by atoms with E-state index in [1.165, 1.54) is 12.8 Å². The van der Waals surface area contributed by atoms with Crippen LogP contribution in [0.4, 0.5) is 5.69 Å². The van der Waals surface area contributed by atoms with E-state index in [1.54, 1.807) is 7.11 Å². The number of aliphatic hydroxyl groups is 1. The van der Waals surface area contributed by atoms with E-state index < -0.39 is 0 Å². The van der Waals surface area contributed by atoms with Crippen LogP contribution in [0.25, 0.3) is 0 Å². The number of hydrogen-bond donors (Lipinski definition) is 1. The predicted octanol–water partition coefficient (Wildman–Crippen LogP) is 2.54. The number of likely N-dealkylation sites (tertiary alicyclic amines) is 1. The zero-order valence-corrected chi connectivity index (χ0v) is 15.2. The molecule has 2 aliphatic heterocycles. The van der Waals surface area contributed by atoms with Gasteiger partial charge in [-0.3, -0.25) is 4.79 Å². The van der Waals surface area contributed by atoms with Gasteiger partial charge in [0.1, 0.15) is 0 Å². The fraction of sp³-hybridized carbons (Fsp3) is 0.650. The van der Waals surface area contributed by atoms with Crippen molar-refractivity contribution in [3.8, 4) is 0 Å². The molecule has 1 amide bonds. The van der Waals surface area contributed by atoms with Gasteiger partial charge in [-0.1, -0.05) is 12.1 Å². The number of nitrogens with zero attached hydrogens (tertiary/aromatic N) is 2. The van der Waals surface area contributed by atoms with E-state index in [0.29, 0.717) is 13.2 Å². The fourth-order valence-corrected chi connectivity index (χ4v) is 4.17. The van der Waals surface area contributed by atoms with Crippen molar-refractivity contribution in [3.05, 3.63) is 29.8 Å². The lowest BCUT2D eigenvalue weighted by molar-refractivity contribution is 0.00901. The number of carbonyl (C=O) groups is 1. The van der Waals surface area contributed by atoms with E-state index in [0.717, 1.165) is 50.1 Å². The van der Waals surface area contributed by atoms with Gasteiger partial charge >= 0.3 is 0 Å². The molecule has 2 saturated heterocycles. The SMILES string of the molecule is COCC[C@]1(CO)CCCN(C(=O)c2ccccc2N2CCCC2)C1. The Morgan fingerprint density at radius 3 is 2.68 bits per heavy atom. The molecule has 0 radical (unpaired) electrons. The molecule has 1 aromatic rings. The molecule has 5 heteroatoms. The highest BCUT2D eigenvalue weighted by Gasteiger charge is 2.37. The molecule has 25 heavy (non-hydrogen) atoms. The molecule has 1 aromatic carbocycles. The van der Waals surface area contributed by atoms with Crippen LogP contribution in [0.3, 0.4) is 0 Å². The van der Waals surface area contributed by atoms with E-state index in [1.807, 2.05) is 23.1 Å². The number of methoxy groups -OCH3 is 1. The monoisotopic (exact) mass is 346 g/mol. The molecule has 0 unspecified atom stereocenters. The molecular formula is C20H30N2O3. The van der Waals surface area contributed by atoms with E-state index in [-0.39, 0.29) is 17.9 Å². The van der Waals surface area contributed by atoms with Gasteiger partial charge < -0.3 is 19.6 Å². The van der Waals surface area contributed by atoms with Crippen molar-refractivity contribution in [1.82, 2.24) is 4.90 Å². The molecule has 2 fully saturated rings. The third-order valence-electron chi connectivity index (χ3n) is 5.70. The van der Waals surface area contributed by atoms with Crippen LogP contribution < -0.4 is 4.90 Å². The third kappa shape index (κ3) is 3.98. The number of piperidine rings is 1. The lowest BCUT2D eigenvalue weighted by Gasteiger charge is -2.42. The Labute approximate surface area is 150 Å². The van der Waals surface area contributed by atoms with Crippen LogP contribution in [-0.2, 0) is 4.74 Å². The smallest absolute Gasteiger partial charge is 0.255 e. The number of aliphatic hydroxyl groups excluding tert-OH is 1. The van der Waals surface area contributed by atoms with Gasteiger partial charge in [-0.05, 0) is 44.2 Å². The highest BCUT2D eigenvalue weighted by atomic mass is 16.5. The molecule has 138 valence electrons. The van der Waals surface area contributed by atoms with E-state index >= 15 is 0 Å². The number of carbonyl (C=O) groups excluding carboxylic acids is 1. The van der Waals surface area contributed by atoms with Gasteiger partial charge in [0, 0.05) is 51.0 Å². The molecule has 0 spiro atoms. The van der Waals surface area contributed by atoms with E-state index in [9.17, 15) is 9.90 Å². The van der Waals surface area contributed by atoms with Crippen molar-refractivity contribution in [2.24, 2.45) is 5.41 Å². The van der Waals surface area contributed by atoms with Gasteiger partial charge in [0.05, 0.1) is 12.2 Å². The van der Waals surface area contributed by atoms with Crippen molar-refractivity contribution in [2.75, 3.05) is 51.4 Å². The molecule has 5 nitrogen and oxygen atoms in total.